The topological polar surface area (TPSA) is 8.17 Å². The van der Waals surface area contributed by atoms with Gasteiger partial charge in [-0.05, 0) is 80.3 Å². The minimum Gasteiger partial charge on any atom is -0.303 e. The Labute approximate surface area is 167 Å². The molecule has 1 aliphatic rings. The van der Waals surface area contributed by atoms with Gasteiger partial charge in [-0.2, -0.15) is 0 Å². The second-order valence-electron chi connectivity index (χ2n) is 7.69. The van der Waals surface area contributed by atoms with E-state index in [1.807, 2.05) is 0 Å². The first kappa shape index (κ1) is 18.6. The summed E-state index contributed by atoms with van der Waals surface area (Å²) >= 11 is 1.79. The van der Waals surface area contributed by atoms with E-state index in [1.54, 1.807) is 11.9 Å². The molecule has 0 radical (unpaired) electrons. The summed E-state index contributed by atoms with van der Waals surface area (Å²) in [6.45, 7) is 3.75. The molecule has 1 saturated heterocycles. The van der Waals surface area contributed by atoms with Crippen LogP contribution in [0.2, 0.25) is 0 Å². The molecule has 2 aromatic carbocycles. The highest BCUT2D eigenvalue weighted by atomic mass is 32.2. The first-order valence-corrected chi connectivity index (χ1v) is 11.4. The monoisotopic (exact) mass is 378 g/mol. The number of hydrogen-bond donors (Lipinski definition) is 0. The molecule has 3 heteroatoms. The fourth-order valence-corrected chi connectivity index (χ4v) is 5.06. The van der Waals surface area contributed by atoms with Crippen LogP contribution in [0.25, 0.3) is 10.9 Å². The Bertz CT molecular complexity index is 855. The molecule has 142 valence electrons. The molecule has 1 fully saturated rings. The van der Waals surface area contributed by atoms with E-state index in [1.165, 1.54) is 73.8 Å². The van der Waals surface area contributed by atoms with Crippen LogP contribution >= 0.6 is 11.9 Å². The second-order valence-corrected chi connectivity index (χ2v) is 8.45. The van der Waals surface area contributed by atoms with Crippen molar-refractivity contribution in [1.82, 2.24) is 8.87 Å². The van der Waals surface area contributed by atoms with Gasteiger partial charge in [-0.15, -0.1) is 0 Å². The lowest BCUT2D eigenvalue weighted by atomic mass is 9.90. The number of piperidine rings is 1. The summed E-state index contributed by atoms with van der Waals surface area (Å²) in [5.41, 5.74) is 4.37. The zero-order chi connectivity index (χ0) is 18.5. The highest BCUT2D eigenvalue weighted by Gasteiger charge is 2.20. The predicted octanol–water partition coefficient (Wildman–Crippen LogP) is 5.97. The summed E-state index contributed by atoms with van der Waals surface area (Å²) in [5.74, 6) is 0.722. The van der Waals surface area contributed by atoms with Crippen molar-refractivity contribution in [2.75, 3.05) is 25.9 Å². The van der Waals surface area contributed by atoms with Gasteiger partial charge >= 0.3 is 0 Å². The van der Waals surface area contributed by atoms with Crippen molar-refractivity contribution in [3.8, 4) is 0 Å². The van der Waals surface area contributed by atoms with Gasteiger partial charge in [-0.25, -0.2) is 0 Å². The maximum absolute atomic E-state index is 2.69. The standard InChI is InChI=1S/C24H30N2S/c1-27-26-19-22(23-14-5-6-15-24(23)26)12-7-8-16-25-17-9-13-21(18-25)20-10-3-2-4-11-20/h2-6,10-11,14-15,19,21H,7-9,12-13,16-18H2,1H3. The number of aromatic nitrogens is 1. The van der Waals surface area contributed by atoms with Crippen molar-refractivity contribution in [2.45, 2.75) is 38.0 Å². The van der Waals surface area contributed by atoms with E-state index in [0.29, 0.717) is 0 Å². The number of para-hydroxylation sites is 1. The molecule has 0 aliphatic carbocycles. The van der Waals surface area contributed by atoms with E-state index in [0.717, 1.165) is 5.92 Å². The van der Waals surface area contributed by atoms with Crippen molar-refractivity contribution >= 4 is 22.9 Å². The van der Waals surface area contributed by atoms with Crippen molar-refractivity contribution < 1.29 is 0 Å². The van der Waals surface area contributed by atoms with Crippen molar-refractivity contribution in [3.63, 3.8) is 0 Å². The summed E-state index contributed by atoms with van der Waals surface area (Å²) < 4.78 is 2.31. The zero-order valence-electron chi connectivity index (χ0n) is 16.3. The predicted molar refractivity (Wildman–Crippen MR) is 119 cm³/mol. The van der Waals surface area contributed by atoms with E-state index in [9.17, 15) is 0 Å². The number of rotatable bonds is 7. The lowest BCUT2D eigenvalue weighted by molar-refractivity contribution is 0.204. The number of nitrogens with zero attached hydrogens (tertiary/aromatic N) is 2. The van der Waals surface area contributed by atoms with Gasteiger partial charge in [0.05, 0.1) is 5.52 Å². The van der Waals surface area contributed by atoms with E-state index in [2.05, 4.69) is 75.9 Å². The summed E-state index contributed by atoms with van der Waals surface area (Å²) in [5, 5.41) is 1.42. The average Bonchev–Trinajstić information content (AvgIpc) is 3.10. The molecular formula is C24H30N2S. The van der Waals surface area contributed by atoms with Gasteiger partial charge in [0.2, 0.25) is 0 Å². The molecule has 4 rings (SSSR count). The maximum atomic E-state index is 2.69. The number of hydrogen-bond acceptors (Lipinski definition) is 2. The smallest absolute Gasteiger partial charge is 0.0593 e. The largest absolute Gasteiger partial charge is 0.303 e. The molecule has 27 heavy (non-hydrogen) atoms. The van der Waals surface area contributed by atoms with Crippen molar-refractivity contribution in [1.29, 1.82) is 0 Å². The Hall–Kier alpha value is -1.71. The molecule has 1 unspecified atom stereocenters. The van der Waals surface area contributed by atoms with Crippen molar-refractivity contribution in [3.05, 3.63) is 71.9 Å². The van der Waals surface area contributed by atoms with Gasteiger partial charge in [-0.1, -0.05) is 48.5 Å². The SMILES string of the molecule is CSn1cc(CCCCN2CCCC(c3ccccc3)C2)c2ccccc21. The van der Waals surface area contributed by atoms with Crippen molar-refractivity contribution in [2.24, 2.45) is 0 Å². The molecule has 0 amide bonds. The van der Waals surface area contributed by atoms with Crippen LogP contribution in [0.1, 0.15) is 42.7 Å². The van der Waals surface area contributed by atoms with Gasteiger partial charge in [0, 0.05) is 24.4 Å². The Morgan fingerprint density at radius 1 is 1.00 bits per heavy atom. The van der Waals surface area contributed by atoms with E-state index >= 15 is 0 Å². The summed E-state index contributed by atoms with van der Waals surface area (Å²) in [6.07, 6.45) is 10.9. The highest BCUT2D eigenvalue weighted by molar-refractivity contribution is 7.97. The van der Waals surface area contributed by atoms with Crippen LogP contribution in [0.5, 0.6) is 0 Å². The van der Waals surface area contributed by atoms with Crippen LogP contribution in [-0.2, 0) is 6.42 Å². The summed E-state index contributed by atoms with van der Waals surface area (Å²) in [6, 6.07) is 19.9. The third-order valence-electron chi connectivity index (χ3n) is 5.90. The van der Waals surface area contributed by atoms with Crippen LogP contribution in [-0.4, -0.2) is 34.8 Å². The molecule has 3 aromatic rings. The molecule has 0 N–H and O–H groups in total. The van der Waals surface area contributed by atoms with Gasteiger partial charge in [0.25, 0.3) is 0 Å². The summed E-state index contributed by atoms with van der Waals surface area (Å²) in [4.78, 5) is 2.69. The number of fused-ring (bicyclic) bond motifs is 1. The number of unbranched alkanes of at least 4 members (excludes halogenated alkanes) is 1. The van der Waals surface area contributed by atoms with Gasteiger partial charge in [0.15, 0.2) is 0 Å². The average molecular weight is 379 g/mol. The molecule has 1 atom stereocenters. The molecule has 0 saturated carbocycles. The minimum atomic E-state index is 0.722. The normalized spacial score (nSPS) is 18.2. The van der Waals surface area contributed by atoms with E-state index in [-0.39, 0.29) is 0 Å². The van der Waals surface area contributed by atoms with Crippen LogP contribution < -0.4 is 0 Å². The molecule has 1 aromatic heterocycles. The third kappa shape index (κ3) is 4.41. The number of aryl methyl sites for hydroxylation is 1. The van der Waals surface area contributed by atoms with E-state index in [4.69, 9.17) is 0 Å². The maximum Gasteiger partial charge on any atom is 0.0593 e. The minimum absolute atomic E-state index is 0.722. The highest BCUT2D eigenvalue weighted by Crippen LogP contribution is 2.28. The molecule has 2 nitrogen and oxygen atoms in total. The van der Waals surface area contributed by atoms with Gasteiger partial charge < -0.3 is 4.90 Å². The molecular weight excluding hydrogens is 348 g/mol. The Morgan fingerprint density at radius 3 is 2.67 bits per heavy atom. The lowest BCUT2D eigenvalue weighted by Crippen LogP contribution is -2.35. The molecule has 1 aliphatic heterocycles. The summed E-state index contributed by atoms with van der Waals surface area (Å²) in [7, 11) is 0. The quantitative estimate of drug-likeness (QED) is 0.468. The number of likely N-dealkylation sites (tertiary alicyclic amines) is 1. The third-order valence-corrected chi connectivity index (χ3v) is 6.60. The number of benzene rings is 2. The molecule has 0 bridgehead atoms. The second kappa shape index (κ2) is 8.99. The zero-order valence-corrected chi connectivity index (χ0v) is 17.1. The van der Waals surface area contributed by atoms with Crippen LogP contribution in [0.3, 0.4) is 0 Å². The molecule has 0 spiro atoms. The molecule has 2 heterocycles. The first-order valence-electron chi connectivity index (χ1n) is 10.3. The van der Waals surface area contributed by atoms with Gasteiger partial charge in [-0.3, -0.25) is 3.97 Å². The van der Waals surface area contributed by atoms with Crippen LogP contribution in [0.4, 0.5) is 0 Å². The van der Waals surface area contributed by atoms with Crippen LogP contribution in [0, 0.1) is 0 Å². The first-order chi connectivity index (χ1) is 13.3. The Kier molecular flexibility index (Phi) is 6.21. The van der Waals surface area contributed by atoms with Gasteiger partial charge in [0.1, 0.15) is 0 Å². The fraction of sp³-hybridized carbons (Fsp3) is 0.417. The fourth-order valence-electron chi connectivity index (χ4n) is 4.48. The Balaban J connectivity index is 1.29. The van der Waals surface area contributed by atoms with E-state index < -0.39 is 0 Å². The lowest BCUT2D eigenvalue weighted by Gasteiger charge is -2.33. The van der Waals surface area contributed by atoms with Crippen LogP contribution in [0.15, 0.2) is 60.8 Å². The Morgan fingerprint density at radius 2 is 1.81 bits per heavy atom.